The van der Waals surface area contributed by atoms with Crippen molar-refractivity contribution in [2.45, 2.75) is 6.92 Å². The molecule has 0 saturated heterocycles. The van der Waals surface area contributed by atoms with Crippen LogP contribution >= 0.6 is 11.6 Å². The molecule has 3 aromatic rings. The highest BCUT2D eigenvalue weighted by atomic mass is 35.5. The summed E-state index contributed by atoms with van der Waals surface area (Å²) in [6.45, 7) is 1.85. The van der Waals surface area contributed by atoms with Crippen LogP contribution in [0.1, 0.15) is 5.82 Å². The summed E-state index contributed by atoms with van der Waals surface area (Å²) in [5.41, 5.74) is 1.50. The van der Waals surface area contributed by atoms with E-state index in [0.717, 1.165) is 5.56 Å². The minimum atomic E-state index is 0.395. The van der Waals surface area contributed by atoms with Gasteiger partial charge in [-0.15, -0.1) is 10.2 Å². The molecular formula is C14H13ClN4O2. The van der Waals surface area contributed by atoms with Gasteiger partial charge in [0, 0.05) is 11.6 Å². The third kappa shape index (κ3) is 2.27. The van der Waals surface area contributed by atoms with Crippen LogP contribution in [0.5, 0.6) is 11.5 Å². The van der Waals surface area contributed by atoms with E-state index in [4.69, 9.17) is 21.1 Å². The molecule has 0 spiro atoms. The molecule has 0 aliphatic rings. The summed E-state index contributed by atoms with van der Waals surface area (Å²) >= 11 is 5.94. The molecule has 2 heterocycles. The molecule has 6 nitrogen and oxygen atoms in total. The van der Waals surface area contributed by atoms with Crippen molar-refractivity contribution in [3.8, 4) is 22.9 Å². The lowest BCUT2D eigenvalue weighted by molar-refractivity contribution is 0.355. The molecule has 0 aliphatic heterocycles. The minimum Gasteiger partial charge on any atom is -0.493 e. The second-order valence-corrected chi connectivity index (χ2v) is 4.80. The van der Waals surface area contributed by atoms with Crippen molar-refractivity contribution < 1.29 is 9.47 Å². The van der Waals surface area contributed by atoms with E-state index in [2.05, 4.69) is 15.2 Å². The molecule has 0 amide bonds. The number of hydrogen-bond donors (Lipinski definition) is 0. The Hall–Kier alpha value is -2.34. The van der Waals surface area contributed by atoms with Crippen LogP contribution in [0.4, 0.5) is 0 Å². The maximum absolute atomic E-state index is 5.94. The van der Waals surface area contributed by atoms with E-state index in [1.165, 1.54) is 0 Å². The van der Waals surface area contributed by atoms with Gasteiger partial charge in [-0.05, 0) is 25.1 Å². The number of methoxy groups -OCH3 is 2. The number of benzene rings is 1. The van der Waals surface area contributed by atoms with Crippen LogP contribution in [0, 0.1) is 6.92 Å². The summed E-state index contributed by atoms with van der Waals surface area (Å²) in [5.74, 6) is 2.68. The van der Waals surface area contributed by atoms with E-state index in [9.17, 15) is 0 Å². The van der Waals surface area contributed by atoms with Gasteiger partial charge in [0.15, 0.2) is 23.0 Å². The van der Waals surface area contributed by atoms with Crippen LogP contribution in [0.25, 0.3) is 17.0 Å². The molecule has 21 heavy (non-hydrogen) atoms. The number of fused-ring (bicyclic) bond motifs is 1. The zero-order valence-corrected chi connectivity index (χ0v) is 12.5. The fourth-order valence-corrected chi connectivity index (χ4v) is 2.43. The van der Waals surface area contributed by atoms with Crippen LogP contribution in [0.2, 0.25) is 5.15 Å². The number of ether oxygens (including phenoxy) is 2. The van der Waals surface area contributed by atoms with Crippen molar-refractivity contribution in [2.75, 3.05) is 14.2 Å². The van der Waals surface area contributed by atoms with Crippen LogP contribution < -0.4 is 9.47 Å². The van der Waals surface area contributed by atoms with E-state index in [1.54, 1.807) is 20.3 Å². The molecule has 1 aromatic carbocycles. The van der Waals surface area contributed by atoms with Crippen molar-refractivity contribution in [1.82, 2.24) is 19.6 Å². The molecule has 0 aliphatic carbocycles. The lowest BCUT2D eigenvalue weighted by atomic mass is 10.2. The molecule has 0 fully saturated rings. The third-order valence-electron chi connectivity index (χ3n) is 3.17. The number of halogens is 1. The van der Waals surface area contributed by atoms with E-state index in [0.29, 0.717) is 33.9 Å². The average Bonchev–Trinajstić information content (AvgIpc) is 2.90. The molecule has 3 rings (SSSR count). The van der Waals surface area contributed by atoms with Crippen molar-refractivity contribution in [1.29, 1.82) is 0 Å². The molecule has 0 unspecified atom stereocenters. The topological polar surface area (TPSA) is 61.5 Å². The quantitative estimate of drug-likeness (QED) is 0.696. The highest BCUT2D eigenvalue weighted by Crippen LogP contribution is 2.32. The molecule has 0 atom stereocenters. The van der Waals surface area contributed by atoms with E-state index < -0.39 is 0 Å². The molecule has 0 bridgehead atoms. The first-order chi connectivity index (χ1) is 10.1. The zero-order valence-electron chi connectivity index (χ0n) is 11.8. The first kappa shape index (κ1) is 13.6. The van der Waals surface area contributed by atoms with Gasteiger partial charge < -0.3 is 9.47 Å². The fraction of sp³-hybridized carbons (Fsp3) is 0.214. The predicted molar refractivity (Wildman–Crippen MR) is 79.1 cm³/mol. The Morgan fingerprint density at radius 1 is 1.05 bits per heavy atom. The average molecular weight is 305 g/mol. The van der Waals surface area contributed by atoms with Gasteiger partial charge in [0.2, 0.25) is 0 Å². The Bertz CT molecular complexity index is 816. The number of nitrogens with zero attached hydrogens (tertiary/aromatic N) is 4. The van der Waals surface area contributed by atoms with Crippen molar-refractivity contribution in [3.05, 3.63) is 35.2 Å². The summed E-state index contributed by atoms with van der Waals surface area (Å²) in [6, 6.07) is 7.24. The maximum atomic E-state index is 5.94. The lowest BCUT2D eigenvalue weighted by Gasteiger charge is -2.09. The lowest BCUT2D eigenvalue weighted by Crippen LogP contribution is -1.98. The second-order valence-electron chi connectivity index (χ2n) is 4.41. The van der Waals surface area contributed by atoms with Crippen LogP contribution in [0.3, 0.4) is 0 Å². The predicted octanol–water partition coefficient (Wildman–Crippen LogP) is 2.77. The van der Waals surface area contributed by atoms with Gasteiger partial charge in [0.05, 0.1) is 14.2 Å². The molecule has 108 valence electrons. The minimum absolute atomic E-state index is 0.395. The van der Waals surface area contributed by atoms with Crippen molar-refractivity contribution >= 4 is 17.2 Å². The molecule has 7 heteroatoms. The molecule has 0 saturated carbocycles. The molecule has 0 N–H and O–H groups in total. The first-order valence-electron chi connectivity index (χ1n) is 6.24. The van der Waals surface area contributed by atoms with Gasteiger partial charge in [0.25, 0.3) is 0 Å². The Morgan fingerprint density at radius 3 is 2.52 bits per heavy atom. The highest BCUT2D eigenvalue weighted by Gasteiger charge is 2.14. The summed E-state index contributed by atoms with van der Waals surface area (Å²) in [5, 5.41) is 8.74. The standard InChI is InChI=1S/C14H13ClN4O2/c1-8-16-12(15)7-13-17-18-14(19(8)13)9-4-5-10(20-2)11(6-9)21-3/h4-7H,1-3H3. The number of hydrogen-bond acceptors (Lipinski definition) is 5. The molecule has 2 aromatic heterocycles. The largest absolute Gasteiger partial charge is 0.493 e. The van der Waals surface area contributed by atoms with Crippen LogP contribution in [-0.4, -0.2) is 33.8 Å². The Kier molecular flexibility index (Phi) is 3.39. The van der Waals surface area contributed by atoms with Gasteiger partial charge in [-0.3, -0.25) is 4.40 Å². The summed E-state index contributed by atoms with van der Waals surface area (Å²) < 4.78 is 12.4. The summed E-state index contributed by atoms with van der Waals surface area (Å²) in [6.07, 6.45) is 0. The Labute approximate surface area is 126 Å². The molecular weight excluding hydrogens is 292 g/mol. The SMILES string of the molecule is COc1ccc(-c2nnc3cc(Cl)nc(C)n23)cc1OC. The number of aryl methyl sites for hydroxylation is 1. The Morgan fingerprint density at radius 2 is 1.81 bits per heavy atom. The number of rotatable bonds is 3. The highest BCUT2D eigenvalue weighted by molar-refractivity contribution is 6.29. The third-order valence-corrected chi connectivity index (χ3v) is 3.36. The first-order valence-corrected chi connectivity index (χ1v) is 6.62. The van der Waals surface area contributed by atoms with Crippen molar-refractivity contribution in [3.63, 3.8) is 0 Å². The van der Waals surface area contributed by atoms with E-state index >= 15 is 0 Å². The van der Waals surface area contributed by atoms with Crippen molar-refractivity contribution in [2.24, 2.45) is 0 Å². The van der Waals surface area contributed by atoms with E-state index in [1.807, 2.05) is 29.5 Å². The van der Waals surface area contributed by atoms with Crippen LogP contribution in [0.15, 0.2) is 24.3 Å². The summed E-state index contributed by atoms with van der Waals surface area (Å²) in [4.78, 5) is 4.23. The van der Waals surface area contributed by atoms with Gasteiger partial charge in [-0.25, -0.2) is 4.98 Å². The van der Waals surface area contributed by atoms with Crippen LogP contribution in [-0.2, 0) is 0 Å². The second kappa shape index (κ2) is 5.21. The summed E-state index contributed by atoms with van der Waals surface area (Å²) in [7, 11) is 3.19. The maximum Gasteiger partial charge on any atom is 0.169 e. The Balaban J connectivity index is 2.21. The van der Waals surface area contributed by atoms with Gasteiger partial charge in [-0.2, -0.15) is 0 Å². The molecule has 0 radical (unpaired) electrons. The monoisotopic (exact) mass is 304 g/mol. The zero-order chi connectivity index (χ0) is 15.0. The number of aromatic nitrogens is 4. The smallest absolute Gasteiger partial charge is 0.169 e. The normalized spacial score (nSPS) is 10.9. The fourth-order valence-electron chi connectivity index (χ4n) is 2.21. The van der Waals surface area contributed by atoms with Gasteiger partial charge >= 0.3 is 0 Å². The van der Waals surface area contributed by atoms with E-state index in [-0.39, 0.29) is 0 Å². The van der Waals surface area contributed by atoms with Gasteiger partial charge in [0.1, 0.15) is 11.0 Å². The van der Waals surface area contributed by atoms with Gasteiger partial charge in [-0.1, -0.05) is 11.6 Å².